The van der Waals surface area contributed by atoms with Crippen molar-refractivity contribution in [2.24, 2.45) is 0 Å². The van der Waals surface area contributed by atoms with Gasteiger partial charge in [0.15, 0.2) is 0 Å². The minimum atomic E-state index is 0.829. The van der Waals surface area contributed by atoms with Crippen LogP contribution in [0.3, 0.4) is 0 Å². The van der Waals surface area contributed by atoms with Crippen LogP contribution < -0.4 is 14.2 Å². The molecule has 3 aromatic carbocycles. The number of benzene rings is 3. The molecule has 0 aliphatic heterocycles. The van der Waals surface area contributed by atoms with Crippen LogP contribution in [0.4, 0.5) is 0 Å². The molecule has 3 nitrogen and oxygen atoms in total. The topological polar surface area (TPSA) is 27.7 Å². The summed E-state index contributed by atoms with van der Waals surface area (Å²) in [5.41, 5.74) is 7.37. The molecule has 0 aromatic heterocycles. The summed E-state index contributed by atoms with van der Waals surface area (Å²) in [7, 11) is 5.14. The van der Waals surface area contributed by atoms with Gasteiger partial charge in [-0.3, -0.25) is 0 Å². The summed E-state index contributed by atoms with van der Waals surface area (Å²) in [6.07, 6.45) is 0. The smallest absolute Gasteiger partial charge is 0.134 e. The van der Waals surface area contributed by atoms with Crippen molar-refractivity contribution in [3.63, 3.8) is 0 Å². The van der Waals surface area contributed by atoms with Crippen LogP contribution in [0.2, 0.25) is 0 Å². The van der Waals surface area contributed by atoms with Crippen molar-refractivity contribution < 1.29 is 14.2 Å². The highest BCUT2D eigenvalue weighted by Crippen LogP contribution is 2.48. The van der Waals surface area contributed by atoms with Crippen molar-refractivity contribution in [1.29, 1.82) is 0 Å². The standard InChI is InChI=1S/C24H26O3/c1-15-16(2)23(26-5)21(17(3)22(15)25-4)20-14-10-13-19(24(20)27-6)18-11-8-7-9-12-18/h7-14H,1-6H3. The van der Waals surface area contributed by atoms with E-state index in [2.05, 4.69) is 51.1 Å². The van der Waals surface area contributed by atoms with E-state index in [9.17, 15) is 0 Å². The Labute approximate surface area is 161 Å². The van der Waals surface area contributed by atoms with Crippen LogP contribution in [0.25, 0.3) is 22.3 Å². The molecule has 0 saturated heterocycles. The van der Waals surface area contributed by atoms with E-state index in [1.807, 2.05) is 18.2 Å². The van der Waals surface area contributed by atoms with E-state index in [0.717, 1.165) is 56.2 Å². The van der Waals surface area contributed by atoms with E-state index in [0.29, 0.717) is 0 Å². The maximum absolute atomic E-state index is 5.89. The average molecular weight is 362 g/mol. The summed E-state index contributed by atoms with van der Waals surface area (Å²) in [6.45, 7) is 6.19. The number of ether oxygens (including phenoxy) is 3. The molecule has 0 unspecified atom stereocenters. The first-order chi connectivity index (χ1) is 13.0. The predicted octanol–water partition coefficient (Wildman–Crippen LogP) is 5.97. The highest BCUT2D eigenvalue weighted by Gasteiger charge is 2.23. The van der Waals surface area contributed by atoms with Crippen LogP contribution in [0, 0.1) is 20.8 Å². The number of hydrogen-bond donors (Lipinski definition) is 0. The lowest BCUT2D eigenvalue weighted by molar-refractivity contribution is 0.395. The van der Waals surface area contributed by atoms with Gasteiger partial charge in [-0.25, -0.2) is 0 Å². The average Bonchev–Trinajstić information content (AvgIpc) is 2.71. The predicted molar refractivity (Wildman–Crippen MR) is 111 cm³/mol. The molecule has 0 fully saturated rings. The van der Waals surface area contributed by atoms with Gasteiger partial charge in [0.05, 0.1) is 21.3 Å². The van der Waals surface area contributed by atoms with Gasteiger partial charge in [0.2, 0.25) is 0 Å². The lowest BCUT2D eigenvalue weighted by Crippen LogP contribution is -2.02. The molecule has 0 N–H and O–H groups in total. The maximum atomic E-state index is 5.89. The first kappa shape index (κ1) is 18.8. The van der Waals surface area contributed by atoms with E-state index in [1.165, 1.54) is 0 Å². The van der Waals surface area contributed by atoms with Crippen molar-refractivity contribution in [2.75, 3.05) is 21.3 Å². The van der Waals surface area contributed by atoms with Gasteiger partial charge in [0.25, 0.3) is 0 Å². The second kappa shape index (κ2) is 7.75. The summed E-state index contributed by atoms with van der Waals surface area (Å²) in [5.74, 6) is 2.57. The zero-order valence-electron chi connectivity index (χ0n) is 16.8. The van der Waals surface area contributed by atoms with Gasteiger partial charge < -0.3 is 14.2 Å². The summed E-state index contributed by atoms with van der Waals surface area (Å²) in [5, 5.41) is 0. The number of methoxy groups -OCH3 is 3. The Morgan fingerprint density at radius 2 is 1.07 bits per heavy atom. The molecule has 27 heavy (non-hydrogen) atoms. The lowest BCUT2D eigenvalue weighted by atomic mass is 9.90. The fraction of sp³-hybridized carbons (Fsp3) is 0.250. The molecular weight excluding hydrogens is 336 g/mol. The van der Waals surface area contributed by atoms with Gasteiger partial charge in [-0.2, -0.15) is 0 Å². The van der Waals surface area contributed by atoms with Crippen molar-refractivity contribution in [2.45, 2.75) is 20.8 Å². The molecular formula is C24H26O3. The van der Waals surface area contributed by atoms with Crippen LogP contribution in [-0.4, -0.2) is 21.3 Å². The Kier molecular flexibility index (Phi) is 5.41. The Morgan fingerprint density at radius 3 is 1.67 bits per heavy atom. The molecule has 0 radical (unpaired) electrons. The first-order valence-electron chi connectivity index (χ1n) is 8.99. The Balaban J connectivity index is 2.37. The molecule has 3 heteroatoms. The van der Waals surface area contributed by atoms with Gasteiger partial charge >= 0.3 is 0 Å². The number of rotatable bonds is 5. The molecule has 0 amide bonds. The van der Waals surface area contributed by atoms with E-state index in [4.69, 9.17) is 14.2 Å². The Bertz CT molecular complexity index is 959. The highest BCUT2D eigenvalue weighted by molar-refractivity contribution is 5.88. The van der Waals surface area contributed by atoms with Crippen LogP contribution in [0.15, 0.2) is 48.5 Å². The van der Waals surface area contributed by atoms with Crippen LogP contribution in [0.1, 0.15) is 16.7 Å². The van der Waals surface area contributed by atoms with Crippen LogP contribution >= 0.6 is 0 Å². The molecule has 0 bridgehead atoms. The van der Waals surface area contributed by atoms with E-state index >= 15 is 0 Å². The molecule has 0 atom stereocenters. The third-order valence-electron chi connectivity index (χ3n) is 5.17. The van der Waals surface area contributed by atoms with Crippen molar-refractivity contribution >= 4 is 0 Å². The first-order valence-corrected chi connectivity index (χ1v) is 8.99. The molecule has 0 aliphatic rings. The Morgan fingerprint density at radius 1 is 0.519 bits per heavy atom. The van der Waals surface area contributed by atoms with Gasteiger partial charge in [0, 0.05) is 22.3 Å². The largest absolute Gasteiger partial charge is 0.496 e. The molecule has 0 heterocycles. The SMILES string of the molecule is COc1c(-c2ccccc2)cccc1-c1c(C)c(OC)c(C)c(C)c1OC. The maximum Gasteiger partial charge on any atom is 0.134 e. The van der Waals surface area contributed by atoms with Crippen LogP contribution in [0.5, 0.6) is 17.2 Å². The molecule has 0 saturated carbocycles. The summed E-state index contributed by atoms with van der Waals surface area (Å²) in [6, 6.07) is 16.5. The van der Waals surface area contributed by atoms with Crippen LogP contribution in [-0.2, 0) is 0 Å². The second-order valence-corrected chi connectivity index (χ2v) is 6.57. The zero-order chi connectivity index (χ0) is 19.6. The number of para-hydroxylation sites is 1. The number of hydrogen-bond acceptors (Lipinski definition) is 3. The van der Waals surface area contributed by atoms with Gasteiger partial charge in [-0.05, 0) is 37.5 Å². The monoisotopic (exact) mass is 362 g/mol. The molecule has 3 rings (SSSR count). The van der Waals surface area contributed by atoms with E-state index in [-0.39, 0.29) is 0 Å². The molecule has 0 aliphatic carbocycles. The summed E-state index contributed by atoms with van der Waals surface area (Å²) < 4.78 is 17.4. The normalized spacial score (nSPS) is 10.6. The zero-order valence-corrected chi connectivity index (χ0v) is 16.8. The molecule has 3 aromatic rings. The quantitative estimate of drug-likeness (QED) is 0.559. The second-order valence-electron chi connectivity index (χ2n) is 6.57. The highest BCUT2D eigenvalue weighted by atomic mass is 16.5. The van der Waals surface area contributed by atoms with E-state index < -0.39 is 0 Å². The molecule has 0 spiro atoms. The summed E-state index contributed by atoms with van der Waals surface area (Å²) >= 11 is 0. The fourth-order valence-corrected chi connectivity index (χ4v) is 3.78. The van der Waals surface area contributed by atoms with Crippen molar-refractivity contribution in [1.82, 2.24) is 0 Å². The lowest BCUT2D eigenvalue weighted by Gasteiger charge is -2.22. The third kappa shape index (κ3) is 3.14. The van der Waals surface area contributed by atoms with Crippen molar-refractivity contribution in [3.8, 4) is 39.5 Å². The fourth-order valence-electron chi connectivity index (χ4n) is 3.78. The third-order valence-corrected chi connectivity index (χ3v) is 5.17. The minimum absolute atomic E-state index is 0.829. The van der Waals surface area contributed by atoms with E-state index in [1.54, 1.807) is 21.3 Å². The summed E-state index contributed by atoms with van der Waals surface area (Å²) in [4.78, 5) is 0. The van der Waals surface area contributed by atoms with Crippen molar-refractivity contribution in [3.05, 3.63) is 65.2 Å². The van der Waals surface area contributed by atoms with Gasteiger partial charge in [-0.15, -0.1) is 0 Å². The van der Waals surface area contributed by atoms with Gasteiger partial charge in [-0.1, -0.05) is 48.5 Å². The molecule has 140 valence electrons. The minimum Gasteiger partial charge on any atom is -0.496 e. The van der Waals surface area contributed by atoms with Gasteiger partial charge in [0.1, 0.15) is 17.2 Å². The Hall–Kier alpha value is -2.94.